The van der Waals surface area contributed by atoms with Gasteiger partial charge in [-0.3, -0.25) is 4.79 Å². The lowest BCUT2D eigenvalue weighted by Crippen LogP contribution is -2.29. The Morgan fingerprint density at radius 1 is 1.36 bits per heavy atom. The van der Waals surface area contributed by atoms with Gasteiger partial charge >= 0.3 is 0 Å². The van der Waals surface area contributed by atoms with E-state index in [-0.39, 0.29) is 18.3 Å². The lowest BCUT2D eigenvalue weighted by Gasteiger charge is -2.14. The SMILES string of the molecule is O=C(CCCOc1ccc(F)cc1F)NCC1=CCNCC1. The number of halogens is 2. The molecular weight excluding hydrogens is 290 g/mol. The molecule has 22 heavy (non-hydrogen) atoms. The lowest BCUT2D eigenvalue weighted by atomic mass is 10.1. The van der Waals surface area contributed by atoms with Gasteiger partial charge in [-0.2, -0.15) is 0 Å². The summed E-state index contributed by atoms with van der Waals surface area (Å²) in [6.45, 7) is 2.58. The van der Waals surface area contributed by atoms with Crippen LogP contribution in [-0.2, 0) is 4.79 Å². The number of carbonyl (C=O) groups is 1. The van der Waals surface area contributed by atoms with Crippen molar-refractivity contribution in [2.75, 3.05) is 26.2 Å². The topological polar surface area (TPSA) is 50.4 Å². The Balaban J connectivity index is 1.61. The fraction of sp³-hybridized carbons (Fsp3) is 0.438. The van der Waals surface area contributed by atoms with E-state index in [4.69, 9.17) is 4.74 Å². The van der Waals surface area contributed by atoms with Crippen LogP contribution in [0.1, 0.15) is 19.3 Å². The molecule has 120 valence electrons. The number of carbonyl (C=O) groups excluding carboxylic acids is 1. The van der Waals surface area contributed by atoms with Crippen LogP contribution in [-0.4, -0.2) is 32.1 Å². The average molecular weight is 310 g/mol. The molecule has 0 aromatic heterocycles. The van der Waals surface area contributed by atoms with E-state index in [0.717, 1.165) is 31.6 Å². The largest absolute Gasteiger partial charge is 0.491 e. The smallest absolute Gasteiger partial charge is 0.220 e. The maximum atomic E-state index is 13.3. The molecule has 0 fully saturated rings. The van der Waals surface area contributed by atoms with Crippen molar-refractivity contribution in [2.24, 2.45) is 0 Å². The summed E-state index contributed by atoms with van der Waals surface area (Å²) in [6, 6.07) is 3.15. The maximum Gasteiger partial charge on any atom is 0.220 e. The molecule has 1 aromatic carbocycles. The molecule has 2 rings (SSSR count). The van der Waals surface area contributed by atoms with Crippen LogP contribution >= 0.6 is 0 Å². The molecule has 0 saturated heterocycles. The van der Waals surface area contributed by atoms with Gasteiger partial charge in [0.1, 0.15) is 5.82 Å². The van der Waals surface area contributed by atoms with E-state index in [2.05, 4.69) is 16.7 Å². The number of hydrogen-bond donors (Lipinski definition) is 2. The van der Waals surface area contributed by atoms with Gasteiger partial charge in [0.2, 0.25) is 5.91 Å². The van der Waals surface area contributed by atoms with Crippen LogP contribution in [0.3, 0.4) is 0 Å². The molecule has 0 unspecified atom stereocenters. The van der Waals surface area contributed by atoms with E-state index < -0.39 is 11.6 Å². The third-order valence-corrected chi connectivity index (χ3v) is 3.37. The van der Waals surface area contributed by atoms with Crippen molar-refractivity contribution in [3.63, 3.8) is 0 Å². The summed E-state index contributed by atoms with van der Waals surface area (Å²) in [6.07, 6.45) is 3.83. The fourth-order valence-corrected chi connectivity index (χ4v) is 2.14. The van der Waals surface area contributed by atoms with Crippen molar-refractivity contribution in [1.29, 1.82) is 0 Å². The summed E-state index contributed by atoms with van der Waals surface area (Å²) in [5.41, 5.74) is 1.23. The molecule has 1 amide bonds. The minimum atomic E-state index is -0.734. The number of rotatable bonds is 7. The molecule has 6 heteroatoms. The van der Waals surface area contributed by atoms with Gasteiger partial charge in [-0.25, -0.2) is 8.78 Å². The van der Waals surface area contributed by atoms with Crippen LogP contribution in [0.5, 0.6) is 5.75 Å². The fourth-order valence-electron chi connectivity index (χ4n) is 2.14. The van der Waals surface area contributed by atoms with Crippen LogP contribution in [0.2, 0.25) is 0 Å². The van der Waals surface area contributed by atoms with Crippen LogP contribution in [0, 0.1) is 11.6 Å². The Morgan fingerprint density at radius 3 is 2.95 bits per heavy atom. The second-order valence-electron chi connectivity index (χ2n) is 5.12. The first-order valence-electron chi connectivity index (χ1n) is 7.38. The Bertz CT molecular complexity index is 547. The number of ether oxygens (including phenoxy) is 1. The molecule has 0 radical (unpaired) electrons. The Morgan fingerprint density at radius 2 is 2.23 bits per heavy atom. The van der Waals surface area contributed by atoms with Gasteiger partial charge in [-0.05, 0) is 31.5 Å². The number of nitrogens with one attached hydrogen (secondary N) is 2. The summed E-state index contributed by atoms with van der Waals surface area (Å²) >= 11 is 0. The summed E-state index contributed by atoms with van der Waals surface area (Å²) in [4.78, 5) is 11.7. The summed E-state index contributed by atoms with van der Waals surface area (Å²) in [5.74, 6) is -1.43. The molecule has 0 aliphatic carbocycles. The zero-order valence-electron chi connectivity index (χ0n) is 12.3. The van der Waals surface area contributed by atoms with Crippen LogP contribution in [0.15, 0.2) is 29.8 Å². The molecule has 0 bridgehead atoms. The number of amides is 1. The second kappa shape index (κ2) is 8.48. The van der Waals surface area contributed by atoms with Crippen LogP contribution < -0.4 is 15.4 Å². The predicted octanol–water partition coefficient (Wildman–Crippen LogP) is 2.16. The van der Waals surface area contributed by atoms with Gasteiger partial charge in [0.05, 0.1) is 6.61 Å². The first kappa shape index (κ1) is 16.4. The number of benzene rings is 1. The highest BCUT2D eigenvalue weighted by Gasteiger charge is 2.07. The van der Waals surface area contributed by atoms with Gasteiger partial charge in [0.15, 0.2) is 11.6 Å². The van der Waals surface area contributed by atoms with Gasteiger partial charge < -0.3 is 15.4 Å². The van der Waals surface area contributed by atoms with E-state index in [0.29, 0.717) is 19.4 Å². The lowest BCUT2D eigenvalue weighted by molar-refractivity contribution is -0.121. The monoisotopic (exact) mass is 310 g/mol. The Kier molecular flexibility index (Phi) is 6.33. The third kappa shape index (κ3) is 5.44. The highest BCUT2D eigenvalue weighted by Crippen LogP contribution is 2.17. The van der Waals surface area contributed by atoms with E-state index in [1.165, 1.54) is 11.6 Å². The Labute approximate surface area is 128 Å². The highest BCUT2D eigenvalue weighted by molar-refractivity contribution is 5.76. The second-order valence-corrected chi connectivity index (χ2v) is 5.12. The summed E-state index contributed by atoms with van der Waals surface area (Å²) in [5, 5.41) is 6.06. The summed E-state index contributed by atoms with van der Waals surface area (Å²) in [7, 11) is 0. The number of hydrogen-bond acceptors (Lipinski definition) is 3. The average Bonchev–Trinajstić information content (AvgIpc) is 2.52. The van der Waals surface area contributed by atoms with E-state index in [1.54, 1.807) is 0 Å². The highest BCUT2D eigenvalue weighted by atomic mass is 19.1. The maximum absolute atomic E-state index is 13.3. The van der Waals surface area contributed by atoms with Gasteiger partial charge in [-0.1, -0.05) is 11.6 Å². The van der Waals surface area contributed by atoms with Gasteiger partial charge in [0, 0.05) is 25.6 Å². The predicted molar refractivity (Wildman–Crippen MR) is 79.7 cm³/mol. The van der Waals surface area contributed by atoms with Crippen LogP contribution in [0.25, 0.3) is 0 Å². The van der Waals surface area contributed by atoms with Gasteiger partial charge in [-0.15, -0.1) is 0 Å². The van der Waals surface area contributed by atoms with Crippen molar-refractivity contribution in [1.82, 2.24) is 10.6 Å². The molecule has 0 atom stereocenters. The van der Waals surface area contributed by atoms with Crippen molar-refractivity contribution < 1.29 is 18.3 Å². The minimum absolute atomic E-state index is 0.00155. The minimum Gasteiger partial charge on any atom is -0.491 e. The molecule has 1 heterocycles. The van der Waals surface area contributed by atoms with E-state index >= 15 is 0 Å². The molecule has 4 nitrogen and oxygen atoms in total. The van der Waals surface area contributed by atoms with Crippen molar-refractivity contribution in [3.05, 3.63) is 41.5 Å². The zero-order valence-corrected chi connectivity index (χ0v) is 12.3. The molecule has 1 aliphatic heterocycles. The van der Waals surface area contributed by atoms with Gasteiger partial charge in [0.25, 0.3) is 0 Å². The van der Waals surface area contributed by atoms with E-state index in [9.17, 15) is 13.6 Å². The summed E-state index contributed by atoms with van der Waals surface area (Å²) < 4.78 is 31.2. The molecule has 1 aromatic rings. The van der Waals surface area contributed by atoms with Crippen molar-refractivity contribution >= 4 is 5.91 Å². The molecule has 2 N–H and O–H groups in total. The third-order valence-electron chi connectivity index (χ3n) is 3.37. The molecule has 1 aliphatic rings. The quantitative estimate of drug-likeness (QED) is 0.599. The van der Waals surface area contributed by atoms with Crippen molar-refractivity contribution in [2.45, 2.75) is 19.3 Å². The first-order valence-corrected chi connectivity index (χ1v) is 7.38. The molecule has 0 saturated carbocycles. The molecule has 0 spiro atoms. The first-order chi connectivity index (χ1) is 10.6. The van der Waals surface area contributed by atoms with Crippen LogP contribution in [0.4, 0.5) is 8.78 Å². The zero-order chi connectivity index (χ0) is 15.8. The molecular formula is C16H20F2N2O2. The van der Waals surface area contributed by atoms with Crippen molar-refractivity contribution in [3.8, 4) is 5.75 Å². The standard InChI is InChI=1S/C16H20F2N2O2/c17-13-3-4-15(14(18)10-13)22-9-1-2-16(21)20-11-12-5-7-19-8-6-12/h3-5,10,19H,1-2,6-9,11H2,(H,20,21). The van der Waals surface area contributed by atoms with E-state index in [1.807, 2.05) is 0 Å². The Hall–Kier alpha value is -1.95. The normalized spacial score (nSPS) is 14.4.